The monoisotopic (exact) mass is 332 g/mol. The first-order chi connectivity index (χ1) is 12.2. The highest BCUT2D eigenvalue weighted by molar-refractivity contribution is 6.06. The molecule has 0 fully saturated rings. The van der Waals surface area contributed by atoms with Gasteiger partial charge < -0.3 is 15.7 Å². The van der Waals surface area contributed by atoms with Crippen molar-refractivity contribution in [2.75, 3.05) is 10.6 Å². The number of carbonyl (C=O) groups excluding carboxylic acids is 1. The maximum atomic E-state index is 12.5. The van der Waals surface area contributed by atoms with Crippen LogP contribution < -0.4 is 10.6 Å². The summed E-state index contributed by atoms with van der Waals surface area (Å²) < 4.78 is 0. The Kier molecular flexibility index (Phi) is 4.12. The molecule has 1 unspecified atom stereocenters. The van der Waals surface area contributed by atoms with Gasteiger partial charge in [-0.25, -0.2) is 4.79 Å². The maximum Gasteiger partial charge on any atom is 0.323 e. The summed E-state index contributed by atoms with van der Waals surface area (Å²) in [5.74, 6) is 0. The first-order valence-corrected chi connectivity index (χ1v) is 8.55. The molecule has 3 aromatic rings. The minimum Gasteiger partial charge on any atom is -0.393 e. The van der Waals surface area contributed by atoms with Gasteiger partial charge in [-0.1, -0.05) is 48.5 Å². The summed E-state index contributed by atoms with van der Waals surface area (Å²) >= 11 is 0. The van der Waals surface area contributed by atoms with Gasteiger partial charge in [0.15, 0.2) is 0 Å². The van der Waals surface area contributed by atoms with E-state index < -0.39 is 0 Å². The van der Waals surface area contributed by atoms with Gasteiger partial charge in [0.25, 0.3) is 0 Å². The third kappa shape index (κ3) is 3.21. The Morgan fingerprint density at radius 1 is 0.920 bits per heavy atom. The summed E-state index contributed by atoms with van der Waals surface area (Å²) in [5.41, 5.74) is 3.79. The Hall–Kier alpha value is -2.85. The standard InChI is InChI=1S/C21H20N2O2/c24-16-12-11-15-7-4-10-20(18(15)13-16)23-21(25)22-19-9-3-6-14-5-1-2-8-17(14)19/h1-10,16,24H,11-13H2,(H2,22,23,25). The normalized spacial score (nSPS) is 16.3. The Balaban J connectivity index is 1.57. The van der Waals surface area contributed by atoms with Crippen LogP contribution in [-0.4, -0.2) is 17.2 Å². The number of benzene rings is 3. The number of aliphatic hydroxyl groups is 1. The van der Waals surface area contributed by atoms with Gasteiger partial charge in [-0.05, 0) is 41.5 Å². The average molecular weight is 332 g/mol. The molecule has 0 radical (unpaired) electrons. The number of hydrogen-bond acceptors (Lipinski definition) is 2. The van der Waals surface area contributed by atoms with E-state index in [0.29, 0.717) is 6.42 Å². The number of hydrogen-bond donors (Lipinski definition) is 3. The second-order valence-electron chi connectivity index (χ2n) is 6.45. The van der Waals surface area contributed by atoms with Crippen molar-refractivity contribution in [1.29, 1.82) is 0 Å². The summed E-state index contributed by atoms with van der Waals surface area (Å²) in [6.45, 7) is 0. The summed E-state index contributed by atoms with van der Waals surface area (Å²) in [4.78, 5) is 12.5. The largest absolute Gasteiger partial charge is 0.393 e. The molecule has 0 bridgehead atoms. The number of rotatable bonds is 2. The van der Waals surface area contributed by atoms with Crippen molar-refractivity contribution in [3.63, 3.8) is 0 Å². The highest BCUT2D eigenvalue weighted by atomic mass is 16.3. The highest BCUT2D eigenvalue weighted by Crippen LogP contribution is 2.29. The molecule has 0 spiro atoms. The number of aliphatic hydroxyl groups excluding tert-OH is 1. The second-order valence-corrected chi connectivity index (χ2v) is 6.45. The Bertz CT molecular complexity index is 931. The Morgan fingerprint density at radius 3 is 2.56 bits per heavy atom. The van der Waals surface area contributed by atoms with Crippen molar-refractivity contribution in [3.05, 3.63) is 71.8 Å². The van der Waals surface area contributed by atoms with Crippen molar-refractivity contribution >= 4 is 28.2 Å². The van der Waals surface area contributed by atoms with Crippen molar-refractivity contribution < 1.29 is 9.90 Å². The zero-order valence-electron chi connectivity index (χ0n) is 13.8. The topological polar surface area (TPSA) is 61.4 Å². The fourth-order valence-corrected chi connectivity index (χ4v) is 3.50. The highest BCUT2D eigenvalue weighted by Gasteiger charge is 2.20. The summed E-state index contributed by atoms with van der Waals surface area (Å²) in [6.07, 6.45) is 1.87. The zero-order valence-corrected chi connectivity index (χ0v) is 13.8. The molecular formula is C21H20N2O2. The third-order valence-corrected chi connectivity index (χ3v) is 4.75. The fraction of sp³-hybridized carbons (Fsp3) is 0.190. The molecule has 0 saturated carbocycles. The van der Waals surface area contributed by atoms with Crippen molar-refractivity contribution in [3.8, 4) is 0 Å². The molecule has 3 N–H and O–H groups in total. The van der Waals surface area contributed by atoms with Crippen LogP contribution in [0, 0.1) is 0 Å². The molecule has 126 valence electrons. The van der Waals surface area contributed by atoms with E-state index in [1.807, 2.05) is 54.6 Å². The SMILES string of the molecule is O=C(Nc1cccc2c1CC(O)CC2)Nc1cccc2ccccc12. The lowest BCUT2D eigenvalue weighted by Gasteiger charge is -2.23. The van der Waals surface area contributed by atoms with Crippen molar-refractivity contribution in [2.45, 2.75) is 25.4 Å². The van der Waals surface area contributed by atoms with Crippen LogP contribution in [0.1, 0.15) is 17.5 Å². The van der Waals surface area contributed by atoms with Crippen LogP contribution >= 0.6 is 0 Å². The van der Waals surface area contributed by atoms with E-state index in [-0.39, 0.29) is 12.1 Å². The van der Waals surface area contributed by atoms with Crippen molar-refractivity contribution in [2.24, 2.45) is 0 Å². The average Bonchev–Trinajstić information content (AvgIpc) is 2.62. The van der Waals surface area contributed by atoms with Crippen LogP contribution in [0.25, 0.3) is 10.8 Å². The van der Waals surface area contributed by atoms with Gasteiger partial charge in [-0.15, -0.1) is 0 Å². The van der Waals surface area contributed by atoms with Crippen LogP contribution in [0.5, 0.6) is 0 Å². The van der Waals surface area contributed by atoms with E-state index in [4.69, 9.17) is 0 Å². The number of carbonyl (C=O) groups is 1. The quantitative estimate of drug-likeness (QED) is 0.654. The number of fused-ring (bicyclic) bond motifs is 2. The second kappa shape index (κ2) is 6.57. The first-order valence-electron chi connectivity index (χ1n) is 8.55. The van der Waals surface area contributed by atoms with Gasteiger partial charge in [0.2, 0.25) is 0 Å². The van der Waals surface area contributed by atoms with Gasteiger partial charge in [0.05, 0.1) is 11.8 Å². The smallest absolute Gasteiger partial charge is 0.323 e. The number of amides is 2. The Labute approximate surface area is 146 Å². The molecule has 1 atom stereocenters. The van der Waals surface area contributed by atoms with Crippen molar-refractivity contribution in [1.82, 2.24) is 0 Å². The summed E-state index contributed by atoms with van der Waals surface area (Å²) in [7, 11) is 0. The molecule has 4 nitrogen and oxygen atoms in total. The molecule has 0 saturated heterocycles. The third-order valence-electron chi connectivity index (χ3n) is 4.75. The summed E-state index contributed by atoms with van der Waals surface area (Å²) in [6, 6.07) is 19.4. The van der Waals surface area contributed by atoms with E-state index in [1.165, 1.54) is 5.56 Å². The predicted molar refractivity (Wildman–Crippen MR) is 101 cm³/mol. The number of urea groups is 1. The molecule has 0 aromatic heterocycles. The lowest BCUT2D eigenvalue weighted by Crippen LogP contribution is -2.24. The van der Waals surface area contributed by atoms with E-state index in [2.05, 4.69) is 16.7 Å². The molecule has 2 amide bonds. The van der Waals surface area contributed by atoms with Crippen LogP contribution in [0.15, 0.2) is 60.7 Å². The van der Waals surface area contributed by atoms with Gasteiger partial charge >= 0.3 is 6.03 Å². The number of aryl methyl sites for hydroxylation is 1. The van der Waals surface area contributed by atoms with Crippen LogP contribution in [0.3, 0.4) is 0 Å². The van der Waals surface area contributed by atoms with Gasteiger partial charge in [0.1, 0.15) is 0 Å². The predicted octanol–water partition coefficient (Wildman–Crippen LogP) is 4.33. The van der Waals surface area contributed by atoms with Gasteiger partial charge in [-0.3, -0.25) is 0 Å². The lowest BCUT2D eigenvalue weighted by atomic mass is 9.88. The van der Waals surface area contributed by atoms with E-state index in [9.17, 15) is 9.90 Å². The number of anilines is 2. The van der Waals surface area contributed by atoms with Crippen LogP contribution in [0.2, 0.25) is 0 Å². The first kappa shape index (κ1) is 15.7. The number of nitrogens with one attached hydrogen (secondary N) is 2. The van der Waals surface area contributed by atoms with E-state index in [1.54, 1.807) is 0 Å². The van der Waals surface area contributed by atoms with Gasteiger partial charge in [-0.2, -0.15) is 0 Å². The zero-order chi connectivity index (χ0) is 17.2. The Morgan fingerprint density at radius 2 is 1.64 bits per heavy atom. The molecule has 0 heterocycles. The van der Waals surface area contributed by atoms with Crippen LogP contribution in [-0.2, 0) is 12.8 Å². The molecule has 0 aliphatic heterocycles. The maximum absolute atomic E-state index is 12.5. The minimum absolute atomic E-state index is 0.273. The van der Waals surface area contributed by atoms with Crippen LogP contribution in [0.4, 0.5) is 16.2 Å². The molecule has 4 heteroatoms. The molecular weight excluding hydrogens is 312 g/mol. The van der Waals surface area contributed by atoms with Gasteiger partial charge in [0, 0.05) is 17.5 Å². The molecule has 1 aliphatic rings. The summed E-state index contributed by atoms with van der Waals surface area (Å²) in [5, 5.41) is 17.9. The minimum atomic E-state index is -0.337. The molecule has 25 heavy (non-hydrogen) atoms. The fourth-order valence-electron chi connectivity index (χ4n) is 3.50. The molecule has 1 aliphatic carbocycles. The lowest BCUT2D eigenvalue weighted by molar-refractivity contribution is 0.159. The van der Waals surface area contributed by atoms with E-state index >= 15 is 0 Å². The molecule has 4 rings (SSSR count). The van der Waals surface area contributed by atoms with E-state index in [0.717, 1.165) is 40.6 Å². The molecule has 3 aromatic carbocycles.